The van der Waals surface area contributed by atoms with E-state index in [2.05, 4.69) is 0 Å². The highest BCUT2D eigenvalue weighted by atomic mass is 35.5. The largest absolute Gasteiger partial charge is 0.329 e. The van der Waals surface area contributed by atoms with Crippen LogP contribution in [-0.2, 0) is 0 Å². The number of benzene rings is 1. The number of hydrogen-bond donors (Lipinski definition) is 1. The number of likely N-dealkylation sites (N-methyl/N-ethyl adjacent to an activating group) is 1. The summed E-state index contributed by atoms with van der Waals surface area (Å²) in [5.74, 6) is 0. The highest BCUT2D eigenvalue weighted by Gasteiger charge is 2.12. The third-order valence-electron chi connectivity index (χ3n) is 2.12. The number of halogens is 2. The zero-order valence-corrected chi connectivity index (χ0v) is 9.81. The summed E-state index contributed by atoms with van der Waals surface area (Å²) in [5.41, 5.74) is 6.73. The number of hydrogen-bond acceptors (Lipinski definition) is 2. The van der Waals surface area contributed by atoms with Gasteiger partial charge in [-0.15, -0.1) is 0 Å². The molecule has 1 aromatic carbocycles. The lowest BCUT2D eigenvalue weighted by molar-refractivity contribution is 0.306. The molecule has 0 unspecified atom stereocenters. The van der Waals surface area contributed by atoms with Crippen LogP contribution in [0.4, 0.5) is 0 Å². The van der Waals surface area contributed by atoms with E-state index in [1.54, 1.807) is 6.07 Å². The average molecular weight is 233 g/mol. The van der Waals surface area contributed by atoms with E-state index in [-0.39, 0.29) is 6.04 Å². The van der Waals surface area contributed by atoms with E-state index >= 15 is 0 Å². The Morgan fingerprint density at radius 3 is 2.07 bits per heavy atom. The molecule has 0 saturated heterocycles. The van der Waals surface area contributed by atoms with Gasteiger partial charge in [-0.3, -0.25) is 0 Å². The van der Waals surface area contributed by atoms with Crippen LogP contribution in [0.3, 0.4) is 0 Å². The molecule has 4 heteroatoms. The fraction of sp³-hybridized carbons (Fsp3) is 0.400. The summed E-state index contributed by atoms with van der Waals surface area (Å²) < 4.78 is 0. The molecule has 14 heavy (non-hydrogen) atoms. The Morgan fingerprint density at radius 1 is 1.21 bits per heavy atom. The molecule has 0 spiro atoms. The van der Waals surface area contributed by atoms with Crippen molar-refractivity contribution in [2.24, 2.45) is 5.73 Å². The smallest absolute Gasteiger partial charge is 0.0465 e. The van der Waals surface area contributed by atoms with Crippen molar-refractivity contribution in [3.63, 3.8) is 0 Å². The van der Waals surface area contributed by atoms with Crippen molar-refractivity contribution in [1.29, 1.82) is 0 Å². The molecular formula is C10H14Cl2N2. The maximum absolute atomic E-state index is 5.91. The van der Waals surface area contributed by atoms with E-state index in [0.717, 1.165) is 5.56 Å². The van der Waals surface area contributed by atoms with Gasteiger partial charge in [0, 0.05) is 22.6 Å². The number of rotatable bonds is 3. The maximum atomic E-state index is 5.91. The first kappa shape index (κ1) is 11.8. The fourth-order valence-electron chi connectivity index (χ4n) is 1.41. The van der Waals surface area contributed by atoms with Crippen molar-refractivity contribution in [1.82, 2.24) is 4.90 Å². The van der Waals surface area contributed by atoms with Gasteiger partial charge in [0.2, 0.25) is 0 Å². The third kappa shape index (κ3) is 2.85. The van der Waals surface area contributed by atoms with Gasteiger partial charge in [0.15, 0.2) is 0 Å². The van der Waals surface area contributed by atoms with Crippen molar-refractivity contribution >= 4 is 23.2 Å². The Kier molecular flexibility index (Phi) is 4.20. The van der Waals surface area contributed by atoms with Crippen LogP contribution in [0.1, 0.15) is 11.6 Å². The Labute approximate surface area is 94.6 Å². The van der Waals surface area contributed by atoms with Crippen molar-refractivity contribution in [2.45, 2.75) is 6.04 Å². The normalized spacial score (nSPS) is 13.3. The molecule has 0 amide bonds. The van der Waals surface area contributed by atoms with Gasteiger partial charge in [0.25, 0.3) is 0 Å². The molecule has 0 aromatic heterocycles. The second kappa shape index (κ2) is 4.99. The number of nitrogens with zero attached hydrogens (tertiary/aromatic N) is 1. The van der Waals surface area contributed by atoms with Gasteiger partial charge in [-0.2, -0.15) is 0 Å². The van der Waals surface area contributed by atoms with Gasteiger partial charge < -0.3 is 10.6 Å². The summed E-state index contributed by atoms with van der Waals surface area (Å²) in [7, 11) is 3.96. The van der Waals surface area contributed by atoms with Crippen LogP contribution in [-0.4, -0.2) is 25.5 Å². The van der Waals surface area contributed by atoms with Crippen LogP contribution in [0.15, 0.2) is 18.2 Å². The lowest BCUT2D eigenvalue weighted by Gasteiger charge is -2.23. The van der Waals surface area contributed by atoms with Crippen LogP contribution >= 0.6 is 23.2 Å². The molecule has 0 aliphatic rings. The topological polar surface area (TPSA) is 29.3 Å². The summed E-state index contributed by atoms with van der Waals surface area (Å²) in [6.07, 6.45) is 0. The molecule has 2 N–H and O–H groups in total. The van der Waals surface area contributed by atoms with E-state index in [4.69, 9.17) is 28.9 Å². The average Bonchev–Trinajstić information content (AvgIpc) is 2.02. The molecule has 0 fully saturated rings. The first-order valence-electron chi connectivity index (χ1n) is 4.37. The minimum absolute atomic E-state index is 0.159. The summed E-state index contributed by atoms with van der Waals surface area (Å²) in [4.78, 5) is 2.04. The third-order valence-corrected chi connectivity index (χ3v) is 2.55. The highest BCUT2D eigenvalue weighted by molar-refractivity contribution is 6.34. The molecule has 0 aliphatic heterocycles. The summed E-state index contributed by atoms with van der Waals surface area (Å²) in [5, 5.41) is 1.29. The Bertz CT molecular complexity index is 293. The second-order valence-corrected chi connectivity index (χ2v) is 4.29. The maximum Gasteiger partial charge on any atom is 0.0465 e. The van der Waals surface area contributed by atoms with Crippen LogP contribution in [0.5, 0.6) is 0 Å². The Morgan fingerprint density at radius 2 is 1.71 bits per heavy atom. The second-order valence-electron chi connectivity index (χ2n) is 3.42. The first-order valence-corrected chi connectivity index (χ1v) is 5.12. The molecule has 0 saturated carbocycles. The highest BCUT2D eigenvalue weighted by Crippen LogP contribution is 2.25. The van der Waals surface area contributed by atoms with Crippen LogP contribution in [0, 0.1) is 0 Å². The van der Waals surface area contributed by atoms with E-state index in [9.17, 15) is 0 Å². The predicted octanol–water partition coefficient (Wildman–Crippen LogP) is 2.55. The van der Waals surface area contributed by atoms with Gasteiger partial charge in [0.05, 0.1) is 0 Å². The monoisotopic (exact) mass is 232 g/mol. The minimum atomic E-state index is 0.159. The van der Waals surface area contributed by atoms with Crippen molar-refractivity contribution < 1.29 is 0 Å². The molecule has 0 radical (unpaired) electrons. The molecule has 2 nitrogen and oxygen atoms in total. The van der Waals surface area contributed by atoms with Crippen molar-refractivity contribution in [2.75, 3.05) is 20.6 Å². The quantitative estimate of drug-likeness (QED) is 0.869. The Balaban J connectivity index is 3.04. The Hall–Kier alpha value is -0.280. The summed E-state index contributed by atoms with van der Waals surface area (Å²) >= 11 is 11.8. The number of nitrogens with two attached hydrogens (primary N) is 1. The predicted molar refractivity (Wildman–Crippen MR) is 61.9 cm³/mol. The van der Waals surface area contributed by atoms with Crippen LogP contribution < -0.4 is 5.73 Å². The van der Waals surface area contributed by atoms with Gasteiger partial charge >= 0.3 is 0 Å². The fourth-order valence-corrected chi connectivity index (χ4v) is 1.96. The molecule has 0 heterocycles. The van der Waals surface area contributed by atoms with Crippen LogP contribution in [0.25, 0.3) is 0 Å². The standard InChI is InChI=1S/C10H14Cl2N2/c1-14(2)10(6-13)7-3-8(11)5-9(12)4-7/h3-5,10H,6,13H2,1-2H3/t10-/m1/s1. The van der Waals surface area contributed by atoms with E-state index in [1.807, 2.05) is 31.1 Å². The van der Waals surface area contributed by atoms with Gasteiger partial charge in [-0.05, 0) is 37.9 Å². The van der Waals surface area contributed by atoms with E-state index < -0.39 is 0 Å². The lowest BCUT2D eigenvalue weighted by Crippen LogP contribution is -2.27. The molecule has 0 bridgehead atoms. The molecule has 1 rings (SSSR count). The molecule has 1 aromatic rings. The molecule has 0 aliphatic carbocycles. The lowest BCUT2D eigenvalue weighted by atomic mass is 10.1. The first-order chi connectivity index (χ1) is 6.54. The minimum Gasteiger partial charge on any atom is -0.329 e. The van der Waals surface area contributed by atoms with E-state index in [0.29, 0.717) is 16.6 Å². The summed E-state index contributed by atoms with van der Waals surface area (Å²) in [6.45, 7) is 0.545. The molecular weight excluding hydrogens is 219 g/mol. The van der Waals surface area contributed by atoms with Gasteiger partial charge in [0.1, 0.15) is 0 Å². The zero-order chi connectivity index (χ0) is 10.7. The SMILES string of the molecule is CN(C)[C@H](CN)c1cc(Cl)cc(Cl)c1. The summed E-state index contributed by atoms with van der Waals surface area (Å²) in [6, 6.07) is 5.66. The van der Waals surface area contributed by atoms with Gasteiger partial charge in [-0.1, -0.05) is 23.2 Å². The zero-order valence-electron chi connectivity index (χ0n) is 8.30. The van der Waals surface area contributed by atoms with E-state index in [1.165, 1.54) is 0 Å². The van der Waals surface area contributed by atoms with Gasteiger partial charge in [-0.25, -0.2) is 0 Å². The van der Waals surface area contributed by atoms with Crippen molar-refractivity contribution in [3.05, 3.63) is 33.8 Å². The van der Waals surface area contributed by atoms with Crippen LogP contribution in [0.2, 0.25) is 10.0 Å². The molecule has 78 valence electrons. The van der Waals surface area contributed by atoms with Crippen molar-refractivity contribution in [3.8, 4) is 0 Å². The molecule has 1 atom stereocenters.